The van der Waals surface area contributed by atoms with Gasteiger partial charge in [0.25, 0.3) is 0 Å². The normalized spacial score (nSPS) is 11.0. The number of rotatable bonds is 3. The van der Waals surface area contributed by atoms with Crippen LogP contribution >= 0.6 is 0 Å². The molecule has 0 aromatic rings. The SMILES string of the molecule is CC(C)C/C=C\C(N)=O. The van der Waals surface area contributed by atoms with Crippen LogP contribution in [0.5, 0.6) is 0 Å². The predicted octanol–water partition coefficient (Wildman–Crippen LogP) is 1.07. The fourth-order valence-electron chi connectivity index (χ4n) is 0.456. The Morgan fingerprint density at radius 3 is 2.56 bits per heavy atom. The van der Waals surface area contributed by atoms with Crippen LogP contribution < -0.4 is 5.73 Å². The van der Waals surface area contributed by atoms with E-state index < -0.39 is 0 Å². The summed E-state index contributed by atoms with van der Waals surface area (Å²) in [6.45, 7) is 4.18. The molecule has 0 aliphatic carbocycles. The second kappa shape index (κ2) is 4.13. The average Bonchev–Trinajstić information content (AvgIpc) is 1.63. The van der Waals surface area contributed by atoms with Gasteiger partial charge in [-0.15, -0.1) is 0 Å². The Labute approximate surface area is 55.7 Å². The highest BCUT2D eigenvalue weighted by Crippen LogP contribution is 1.98. The molecular weight excluding hydrogens is 114 g/mol. The van der Waals surface area contributed by atoms with Gasteiger partial charge < -0.3 is 5.73 Å². The fraction of sp³-hybridized carbons (Fsp3) is 0.571. The first-order valence-electron chi connectivity index (χ1n) is 3.09. The van der Waals surface area contributed by atoms with Gasteiger partial charge in [0.2, 0.25) is 5.91 Å². The summed E-state index contributed by atoms with van der Waals surface area (Å²) in [6.07, 6.45) is 4.12. The number of primary amides is 1. The first kappa shape index (κ1) is 8.21. The highest BCUT2D eigenvalue weighted by atomic mass is 16.1. The molecule has 0 aromatic carbocycles. The molecule has 0 heterocycles. The lowest BCUT2D eigenvalue weighted by Gasteiger charge is -1.94. The minimum absolute atomic E-state index is 0.365. The van der Waals surface area contributed by atoms with E-state index in [1.165, 1.54) is 6.08 Å². The van der Waals surface area contributed by atoms with Crippen molar-refractivity contribution in [1.82, 2.24) is 0 Å². The van der Waals surface area contributed by atoms with E-state index >= 15 is 0 Å². The van der Waals surface area contributed by atoms with Crippen molar-refractivity contribution < 1.29 is 4.79 Å². The maximum Gasteiger partial charge on any atom is 0.241 e. The van der Waals surface area contributed by atoms with Gasteiger partial charge in [-0.3, -0.25) is 4.79 Å². The van der Waals surface area contributed by atoms with E-state index in [0.29, 0.717) is 5.92 Å². The number of amides is 1. The van der Waals surface area contributed by atoms with E-state index in [-0.39, 0.29) is 5.91 Å². The van der Waals surface area contributed by atoms with Crippen LogP contribution in [0.15, 0.2) is 12.2 Å². The zero-order valence-corrected chi connectivity index (χ0v) is 5.92. The molecule has 0 fully saturated rings. The lowest BCUT2D eigenvalue weighted by Crippen LogP contribution is -2.05. The number of allylic oxidation sites excluding steroid dienone is 1. The third-order valence-corrected chi connectivity index (χ3v) is 0.890. The molecule has 0 aromatic heterocycles. The van der Waals surface area contributed by atoms with Crippen LogP contribution in [0.25, 0.3) is 0 Å². The van der Waals surface area contributed by atoms with Crippen molar-refractivity contribution in [3.8, 4) is 0 Å². The second-order valence-electron chi connectivity index (χ2n) is 2.43. The fourth-order valence-corrected chi connectivity index (χ4v) is 0.456. The summed E-state index contributed by atoms with van der Waals surface area (Å²) in [7, 11) is 0. The van der Waals surface area contributed by atoms with Crippen LogP contribution in [0, 0.1) is 5.92 Å². The molecule has 1 amide bonds. The van der Waals surface area contributed by atoms with Crippen LogP contribution in [-0.4, -0.2) is 5.91 Å². The third kappa shape index (κ3) is 7.21. The van der Waals surface area contributed by atoms with Crippen molar-refractivity contribution in [3.63, 3.8) is 0 Å². The topological polar surface area (TPSA) is 43.1 Å². The molecule has 0 saturated heterocycles. The van der Waals surface area contributed by atoms with Crippen molar-refractivity contribution >= 4 is 5.91 Å². The smallest absolute Gasteiger partial charge is 0.241 e. The Morgan fingerprint density at radius 2 is 2.22 bits per heavy atom. The van der Waals surface area contributed by atoms with Crippen LogP contribution in [0.2, 0.25) is 0 Å². The summed E-state index contributed by atoms with van der Waals surface area (Å²) in [5.74, 6) is 0.233. The first-order valence-corrected chi connectivity index (χ1v) is 3.09. The molecule has 0 unspecified atom stereocenters. The number of carbonyl (C=O) groups is 1. The first-order chi connectivity index (χ1) is 4.13. The summed E-state index contributed by atoms with van der Waals surface area (Å²) in [4.78, 5) is 10.1. The van der Waals surface area contributed by atoms with Gasteiger partial charge in [0.05, 0.1) is 0 Å². The molecule has 2 heteroatoms. The lowest BCUT2D eigenvalue weighted by atomic mass is 10.1. The molecule has 0 spiro atoms. The maximum absolute atomic E-state index is 10.1. The number of hydrogen-bond donors (Lipinski definition) is 1. The van der Waals surface area contributed by atoms with Crippen LogP contribution in [0.1, 0.15) is 20.3 Å². The van der Waals surface area contributed by atoms with Crippen molar-refractivity contribution in [3.05, 3.63) is 12.2 Å². The van der Waals surface area contributed by atoms with E-state index in [1.54, 1.807) is 6.08 Å². The standard InChI is InChI=1S/C7H13NO/c1-6(2)4-3-5-7(8)9/h3,5-6H,4H2,1-2H3,(H2,8,9)/b5-3-. The Balaban J connectivity index is 3.36. The third-order valence-electron chi connectivity index (χ3n) is 0.890. The molecule has 0 rings (SSSR count). The quantitative estimate of drug-likeness (QED) is 0.566. The molecule has 0 saturated carbocycles. The summed E-state index contributed by atoms with van der Waals surface area (Å²) in [5, 5.41) is 0. The molecule has 9 heavy (non-hydrogen) atoms. The minimum Gasteiger partial charge on any atom is -0.366 e. The van der Waals surface area contributed by atoms with E-state index in [0.717, 1.165) is 6.42 Å². The van der Waals surface area contributed by atoms with Crippen molar-refractivity contribution in [2.24, 2.45) is 11.7 Å². The zero-order chi connectivity index (χ0) is 7.28. The highest BCUT2D eigenvalue weighted by Gasteiger charge is 1.87. The Bertz CT molecular complexity index is 116. The molecule has 0 aliphatic heterocycles. The molecule has 2 nitrogen and oxygen atoms in total. The van der Waals surface area contributed by atoms with Crippen molar-refractivity contribution in [2.45, 2.75) is 20.3 Å². The van der Waals surface area contributed by atoms with Gasteiger partial charge in [-0.25, -0.2) is 0 Å². The lowest BCUT2D eigenvalue weighted by molar-refractivity contribution is -0.113. The van der Waals surface area contributed by atoms with Crippen molar-refractivity contribution in [1.29, 1.82) is 0 Å². The molecular formula is C7H13NO. The highest BCUT2D eigenvalue weighted by molar-refractivity contribution is 5.85. The van der Waals surface area contributed by atoms with Crippen LogP contribution in [0.4, 0.5) is 0 Å². The zero-order valence-electron chi connectivity index (χ0n) is 5.92. The van der Waals surface area contributed by atoms with Gasteiger partial charge in [0.15, 0.2) is 0 Å². The molecule has 0 bridgehead atoms. The van der Waals surface area contributed by atoms with E-state index in [9.17, 15) is 4.79 Å². The second-order valence-corrected chi connectivity index (χ2v) is 2.43. The Morgan fingerprint density at radius 1 is 1.67 bits per heavy atom. The molecule has 52 valence electrons. The number of carbonyl (C=O) groups excluding carboxylic acids is 1. The summed E-state index contributed by atoms with van der Waals surface area (Å²) in [5.41, 5.74) is 4.85. The summed E-state index contributed by atoms with van der Waals surface area (Å²) >= 11 is 0. The van der Waals surface area contributed by atoms with Crippen LogP contribution in [0.3, 0.4) is 0 Å². The van der Waals surface area contributed by atoms with Gasteiger partial charge in [-0.1, -0.05) is 19.9 Å². The average molecular weight is 127 g/mol. The largest absolute Gasteiger partial charge is 0.366 e. The Hall–Kier alpha value is -0.790. The van der Waals surface area contributed by atoms with E-state index in [2.05, 4.69) is 13.8 Å². The van der Waals surface area contributed by atoms with E-state index in [1.807, 2.05) is 0 Å². The Kier molecular flexibility index (Phi) is 3.76. The number of nitrogens with two attached hydrogens (primary N) is 1. The molecule has 0 atom stereocenters. The monoisotopic (exact) mass is 127 g/mol. The summed E-state index contributed by atoms with van der Waals surface area (Å²) in [6, 6.07) is 0. The van der Waals surface area contributed by atoms with E-state index in [4.69, 9.17) is 5.73 Å². The van der Waals surface area contributed by atoms with Gasteiger partial charge in [0.1, 0.15) is 0 Å². The van der Waals surface area contributed by atoms with Crippen molar-refractivity contribution in [2.75, 3.05) is 0 Å². The maximum atomic E-state index is 10.1. The number of hydrogen-bond acceptors (Lipinski definition) is 1. The molecule has 0 aliphatic rings. The van der Waals surface area contributed by atoms with Crippen LogP contribution in [-0.2, 0) is 4.79 Å². The summed E-state index contributed by atoms with van der Waals surface area (Å²) < 4.78 is 0. The van der Waals surface area contributed by atoms with Gasteiger partial charge in [-0.05, 0) is 18.4 Å². The van der Waals surface area contributed by atoms with Gasteiger partial charge in [0, 0.05) is 0 Å². The minimum atomic E-state index is -0.365. The van der Waals surface area contributed by atoms with Gasteiger partial charge in [-0.2, -0.15) is 0 Å². The van der Waals surface area contributed by atoms with Gasteiger partial charge >= 0.3 is 0 Å². The molecule has 0 radical (unpaired) electrons. The molecule has 2 N–H and O–H groups in total. The predicted molar refractivity (Wildman–Crippen MR) is 37.8 cm³/mol.